The Labute approximate surface area is 187 Å². The Morgan fingerprint density at radius 1 is 0.433 bits per heavy atom. The summed E-state index contributed by atoms with van der Waals surface area (Å²) in [6.45, 7) is 0. The molecule has 0 amide bonds. The Hall–Kier alpha value is -2.94. The molecule has 0 fully saturated rings. The summed E-state index contributed by atoms with van der Waals surface area (Å²) in [4.78, 5) is 0. The van der Waals surface area contributed by atoms with Gasteiger partial charge in [0.05, 0.1) is 12.1 Å². The summed E-state index contributed by atoms with van der Waals surface area (Å²) < 4.78 is 0. The fourth-order valence-electron chi connectivity index (χ4n) is 3.49. The number of benzene rings is 4. The predicted molar refractivity (Wildman–Crippen MR) is 129 cm³/mol. The SMILES string of the molecule is Clc1ccc(N[C@H](c2ccccc2)[C@@H](Nc2ccc(Cl)cc2)c2ccccc2)cc1. The van der Waals surface area contributed by atoms with Gasteiger partial charge in [-0.1, -0.05) is 83.9 Å². The van der Waals surface area contributed by atoms with E-state index in [0.717, 1.165) is 21.4 Å². The Balaban J connectivity index is 1.75. The van der Waals surface area contributed by atoms with Gasteiger partial charge in [-0.3, -0.25) is 0 Å². The van der Waals surface area contributed by atoms with Crippen LogP contribution in [0.3, 0.4) is 0 Å². The highest BCUT2D eigenvalue weighted by Crippen LogP contribution is 2.35. The fourth-order valence-corrected chi connectivity index (χ4v) is 3.74. The van der Waals surface area contributed by atoms with E-state index < -0.39 is 0 Å². The van der Waals surface area contributed by atoms with Crippen molar-refractivity contribution in [1.82, 2.24) is 0 Å². The minimum absolute atomic E-state index is 0.0227. The molecule has 4 aromatic carbocycles. The standard InChI is InChI=1S/C26H22Cl2N2/c27-21-11-15-23(16-12-21)29-25(19-7-3-1-4-8-19)26(20-9-5-2-6-10-20)30-24-17-13-22(28)14-18-24/h1-18,25-26,29-30H/t25-,26+. The molecule has 0 saturated carbocycles. The van der Waals surface area contributed by atoms with Crippen LogP contribution < -0.4 is 10.6 Å². The normalized spacial score (nSPS) is 12.7. The van der Waals surface area contributed by atoms with Crippen LogP contribution in [-0.4, -0.2) is 0 Å². The van der Waals surface area contributed by atoms with Crippen LogP contribution >= 0.6 is 23.2 Å². The van der Waals surface area contributed by atoms with Crippen molar-refractivity contribution in [3.8, 4) is 0 Å². The van der Waals surface area contributed by atoms with E-state index in [2.05, 4.69) is 59.2 Å². The van der Waals surface area contributed by atoms with Crippen molar-refractivity contribution in [2.24, 2.45) is 0 Å². The van der Waals surface area contributed by atoms with Crippen LogP contribution in [0.1, 0.15) is 23.2 Å². The Morgan fingerprint density at radius 3 is 1.10 bits per heavy atom. The third-order valence-electron chi connectivity index (χ3n) is 4.98. The molecule has 0 radical (unpaired) electrons. The topological polar surface area (TPSA) is 24.1 Å². The Bertz CT molecular complexity index is 961. The van der Waals surface area contributed by atoms with Gasteiger partial charge in [0.15, 0.2) is 0 Å². The lowest BCUT2D eigenvalue weighted by molar-refractivity contribution is 0.650. The van der Waals surface area contributed by atoms with Crippen LogP contribution in [0.2, 0.25) is 10.0 Å². The molecule has 2 atom stereocenters. The molecular weight excluding hydrogens is 411 g/mol. The van der Waals surface area contributed by atoms with E-state index in [-0.39, 0.29) is 12.1 Å². The minimum atomic E-state index is -0.0227. The average molecular weight is 433 g/mol. The molecule has 30 heavy (non-hydrogen) atoms. The summed E-state index contributed by atoms with van der Waals surface area (Å²) in [7, 11) is 0. The van der Waals surface area contributed by atoms with E-state index >= 15 is 0 Å². The second-order valence-electron chi connectivity index (χ2n) is 7.08. The van der Waals surface area contributed by atoms with Gasteiger partial charge in [0.2, 0.25) is 0 Å². The highest BCUT2D eigenvalue weighted by Gasteiger charge is 2.25. The molecule has 0 aromatic heterocycles. The third-order valence-corrected chi connectivity index (χ3v) is 5.49. The lowest BCUT2D eigenvalue weighted by Crippen LogP contribution is -2.25. The van der Waals surface area contributed by atoms with E-state index in [0.29, 0.717) is 0 Å². The van der Waals surface area contributed by atoms with Crippen LogP contribution in [0.15, 0.2) is 109 Å². The summed E-state index contributed by atoms with van der Waals surface area (Å²) >= 11 is 12.2. The number of halogens is 2. The number of anilines is 2. The molecule has 2 N–H and O–H groups in total. The van der Waals surface area contributed by atoms with Gasteiger partial charge >= 0.3 is 0 Å². The molecule has 0 aliphatic heterocycles. The van der Waals surface area contributed by atoms with Crippen LogP contribution in [-0.2, 0) is 0 Å². The molecule has 150 valence electrons. The molecule has 0 aliphatic carbocycles. The number of nitrogens with one attached hydrogen (secondary N) is 2. The van der Waals surface area contributed by atoms with Crippen LogP contribution in [0.4, 0.5) is 11.4 Å². The molecule has 0 heterocycles. The van der Waals surface area contributed by atoms with Crippen LogP contribution in [0, 0.1) is 0 Å². The van der Waals surface area contributed by atoms with Crippen molar-refractivity contribution in [2.75, 3.05) is 10.6 Å². The summed E-state index contributed by atoms with van der Waals surface area (Å²) in [5.74, 6) is 0. The molecular formula is C26H22Cl2N2. The number of rotatable bonds is 7. The predicted octanol–water partition coefficient (Wildman–Crippen LogP) is 8.00. The van der Waals surface area contributed by atoms with Gasteiger partial charge in [-0.15, -0.1) is 0 Å². The number of hydrogen-bond acceptors (Lipinski definition) is 2. The fraction of sp³-hybridized carbons (Fsp3) is 0.0769. The zero-order valence-electron chi connectivity index (χ0n) is 16.3. The Kier molecular flexibility index (Phi) is 6.58. The number of hydrogen-bond donors (Lipinski definition) is 2. The van der Waals surface area contributed by atoms with Gasteiger partial charge in [0.1, 0.15) is 0 Å². The lowest BCUT2D eigenvalue weighted by atomic mass is 9.92. The molecule has 0 saturated heterocycles. The van der Waals surface area contributed by atoms with E-state index in [1.807, 2.05) is 60.7 Å². The molecule has 0 spiro atoms. The highest BCUT2D eigenvalue weighted by atomic mass is 35.5. The van der Waals surface area contributed by atoms with E-state index in [1.54, 1.807) is 0 Å². The van der Waals surface area contributed by atoms with Crippen molar-refractivity contribution in [3.63, 3.8) is 0 Å². The monoisotopic (exact) mass is 432 g/mol. The van der Waals surface area contributed by atoms with Crippen molar-refractivity contribution in [1.29, 1.82) is 0 Å². The van der Waals surface area contributed by atoms with Crippen molar-refractivity contribution in [3.05, 3.63) is 130 Å². The maximum atomic E-state index is 6.09. The van der Waals surface area contributed by atoms with Crippen LogP contribution in [0.25, 0.3) is 0 Å². The first-order chi connectivity index (χ1) is 14.7. The summed E-state index contributed by atoms with van der Waals surface area (Å²) in [5.41, 5.74) is 4.38. The summed E-state index contributed by atoms with van der Waals surface area (Å²) in [6.07, 6.45) is 0. The lowest BCUT2D eigenvalue weighted by Gasteiger charge is -2.31. The highest BCUT2D eigenvalue weighted by molar-refractivity contribution is 6.30. The minimum Gasteiger partial charge on any atom is -0.376 e. The Morgan fingerprint density at radius 2 is 0.767 bits per heavy atom. The molecule has 2 nitrogen and oxygen atoms in total. The average Bonchev–Trinajstić information content (AvgIpc) is 2.80. The summed E-state index contributed by atoms with van der Waals surface area (Å²) in [5, 5.41) is 8.85. The first-order valence-corrected chi connectivity index (χ1v) is 10.6. The first-order valence-electron chi connectivity index (χ1n) is 9.83. The van der Waals surface area contributed by atoms with E-state index in [1.165, 1.54) is 11.1 Å². The molecule has 4 aromatic rings. The second-order valence-corrected chi connectivity index (χ2v) is 7.95. The molecule has 0 bridgehead atoms. The molecule has 4 heteroatoms. The van der Waals surface area contributed by atoms with Gasteiger partial charge in [0.25, 0.3) is 0 Å². The van der Waals surface area contributed by atoms with Crippen LogP contribution in [0.5, 0.6) is 0 Å². The maximum Gasteiger partial charge on any atom is 0.0757 e. The zero-order valence-corrected chi connectivity index (χ0v) is 17.8. The van der Waals surface area contributed by atoms with Gasteiger partial charge in [0, 0.05) is 21.4 Å². The van der Waals surface area contributed by atoms with Crippen molar-refractivity contribution >= 4 is 34.6 Å². The van der Waals surface area contributed by atoms with E-state index in [4.69, 9.17) is 23.2 Å². The molecule has 4 rings (SSSR count). The maximum absolute atomic E-state index is 6.09. The van der Waals surface area contributed by atoms with Gasteiger partial charge in [-0.2, -0.15) is 0 Å². The van der Waals surface area contributed by atoms with Crippen molar-refractivity contribution in [2.45, 2.75) is 12.1 Å². The molecule has 0 unspecified atom stereocenters. The smallest absolute Gasteiger partial charge is 0.0757 e. The third kappa shape index (κ3) is 5.15. The largest absolute Gasteiger partial charge is 0.376 e. The van der Waals surface area contributed by atoms with Gasteiger partial charge < -0.3 is 10.6 Å². The summed E-state index contributed by atoms with van der Waals surface area (Å²) in [6, 6.07) is 36.5. The second kappa shape index (κ2) is 9.71. The van der Waals surface area contributed by atoms with E-state index in [9.17, 15) is 0 Å². The van der Waals surface area contributed by atoms with Gasteiger partial charge in [-0.25, -0.2) is 0 Å². The zero-order chi connectivity index (χ0) is 20.8. The molecule has 0 aliphatic rings. The quantitative estimate of drug-likeness (QED) is 0.309. The van der Waals surface area contributed by atoms with Gasteiger partial charge in [-0.05, 0) is 59.7 Å². The first kappa shape index (κ1) is 20.3. The van der Waals surface area contributed by atoms with Crippen molar-refractivity contribution < 1.29 is 0 Å².